The van der Waals surface area contributed by atoms with Crippen molar-refractivity contribution in [3.8, 4) is 11.5 Å². The van der Waals surface area contributed by atoms with Crippen LogP contribution in [-0.4, -0.2) is 30.4 Å². The van der Waals surface area contributed by atoms with E-state index in [4.69, 9.17) is 32.7 Å². The molecule has 1 unspecified atom stereocenters. The average molecular weight is 572 g/mol. The number of unbranched alkanes of at least 4 members (excludes halogenated alkanes) is 2. The Hall–Kier alpha value is -2.61. The van der Waals surface area contributed by atoms with Gasteiger partial charge in [0.25, 0.3) is 11.7 Å². The highest BCUT2D eigenvalue weighted by molar-refractivity contribution is 6.28. The number of nitrogens with zero attached hydrogens (tertiary/aromatic N) is 1. The fraction of sp³-hybridized carbons (Fsp3) is 0.414. The van der Waals surface area contributed by atoms with Gasteiger partial charge in [-0.25, -0.2) is 13.8 Å². The van der Waals surface area contributed by atoms with E-state index in [0.717, 1.165) is 25.3 Å². The molecule has 2 aromatic carbocycles. The quantitative estimate of drug-likeness (QED) is 0.150. The number of fused-ring (bicyclic) bond motifs is 1. The van der Waals surface area contributed by atoms with E-state index in [2.05, 4.69) is 18.9 Å². The highest BCUT2D eigenvalue weighted by Gasteiger charge is 2.40. The zero-order valence-corrected chi connectivity index (χ0v) is 24.5. The predicted octanol–water partition coefficient (Wildman–Crippen LogP) is 8.33. The molecule has 0 saturated heterocycles. The molecule has 2 aromatic rings. The Kier molecular flexibility index (Phi) is 14.4. The zero-order chi connectivity index (χ0) is 28.9. The van der Waals surface area contributed by atoms with Crippen LogP contribution in [0.25, 0.3) is 0 Å². The first-order valence-corrected chi connectivity index (χ1v) is 13.3. The van der Waals surface area contributed by atoms with Crippen molar-refractivity contribution < 1.29 is 23.0 Å². The number of nitrogens with one attached hydrogen (secondary N) is 1. The van der Waals surface area contributed by atoms with Crippen LogP contribution < -0.4 is 14.9 Å². The molecule has 0 spiro atoms. The number of ether oxygens (including phenoxy) is 2. The van der Waals surface area contributed by atoms with Crippen LogP contribution in [0.4, 0.5) is 8.78 Å². The van der Waals surface area contributed by atoms with Crippen molar-refractivity contribution in [2.24, 2.45) is 0 Å². The number of benzene rings is 2. The normalized spacial score (nSPS) is 15.7. The molecule has 5 nitrogen and oxygen atoms in total. The van der Waals surface area contributed by atoms with E-state index in [0.29, 0.717) is 23.0 Å². The zero-order valence-electron chi connectivity index (χ0n) is 23.0. The van der Waals surface area contributed by atoms with Crippen molar-refractivity contribution in [1.29, 1.82) is 0 Å². The minimum atomic E-state index is -1.23. The van der Waals surface area contributed by atoms with E-state index in [1.807, 2.05) is 19.9 Å². The Morgan fingerprint density at radius 1 is 1.13 bits per heavy atom. The summed E-state index contributed by atoms with van der Waals surface area (Å²) in [5.74, 6) is -1.76. The Labute approximate surface area is 235 Å². The fourth-order valence-corrected chi connectivity index (χ4v) is 3.30. The lowest BCUT2D eigenvalue weighted by Crippen LogP contribution is -2.40. The number of rotatable bonds is 8. The number of hydrogen-bond donors (Lipinski definition) is 1. The monoisotopic (exact) mass is 570 g/mol. The van der Waals surface area contributed by atoms with Crippen LogP contribution in [0.2, 0.25) is 0 Å². The van der Waals surface area contributed by atoms with Crippen molar-refractivity contribution >= 4 is 29.1 Å². The first kappa shape index (κ1) is 33.4. The average Bonchev–Trinajstić information content (AvgIpc) is 3.19. The van der Waals surface area contributed by atoms with E-state index >= 15 is 0 Å². The Morgan fingerprint density at radius 3 is 2.16 bits per heavy atom. The molecule has 0 aliphatic carbocycles. The van der Waals surface area contributed by atoms with Gasteiger partial charge >= 0.3 is 0 Å². The minimum absolute atomic E-state index is 0.131. The Morgan fingerprint density at radius 2 is 1.68 bits per heavy atom. The summed E-state index contributed by atoms with van der Waals surface area (Å²) >= 11 is 10.5. The summed E-state index contributed by atoms with van der Waals surface area (Å²) in [5, 5.41) is 2.28. The molecule has 38 heavy (non-hydrogen) atoms. The largest absolute Gasteiger partial charge is 0.445 e. The van der Waals surface area contributed by atoms with Crippen LogP contribution in [-0.2, 0) is 5.79 Å². The molecule has 1 amide bonds. The van der Waals surface area contributed by atoms with Gasteiger partial charge in [-0.3, -0.25) is 10.2 Å². The molecule has 0 aromatic heterocycles. The van der Waals surface area contributed by atoms with Gasteiger partial charge in [0.1, 0.15) is 11.6 Å². The molecule has 1 aliphatic heterocycles. The van der Waals surface area contributed by atoms with Crippen molar-refractivity contribution in [3.05, 3.63) is 82.4 Å². The van der Waals surface area contributed by atoms with Gasteiger partial charge < -0.3 is 9.47 Å². The third-order valence-corrected chi connectivity index (χ3v) is 5.77. The second-order valence-electron chi connectivity index (χ2n) is 8.95. The Balaban J connectivity index is 0.000000616. The number of alkyl halides is 1. The van der Waals surface area contributed by atoms with Crippen LogP contribution in [0.3, 0.4) is 0 Å². The third-order valence-electron chi connectivity index (χ3n) is 5.35. The van der Waals surface area contributed by atoms with E-state index < -0.39 is 17.5 Å². The summed E-state index contributed by atoms with van der Waals surface area (Å²) in [6.07, 6.45) is 5.08. The lowest BCUT2D eigenvalue weighted by Gasteiger charge is -2.23. The van der Waals surface area contributed by atoms with Crippen molar-refractivity contribution in [2.75, 3.05) is 19.5 Å². The van der Waals surface area contributed by atoms with E-state index in [9.17, 15) is 13.6 Å². The number of carbonyl (C=O) groups is 1. The second kappa shape index (κ2) is 16.4. The molecule has 9 heteroatoms. The summed E-state index contributed by atoms with van der Waals surface area (Å²) in [5.41, 5.74) is 4.34. The number of hydrogen-bond acceptors (Lipinski definition) is 4. The molecular formula is C29H38Cl2F2N2O3. The number of carbonyl (C=O) groups excluding carboxylic acids is 1. The van der Waals surface area contributed by atoms with Gasteiger partial charge in [0.15, 0.2) is 11.5 Å². The Bertz CT molecular complexity index is 1090. The van der Waals surface area contributed by atoms with Gasteiger partial charge in [0.05, 0.1) is 5.56 Å². The number of allylic oxidation sites excluding steroid dienone is 3. The van der Waals surface area contributed by atoms with Gasteiger partial charge in [0.2, 0.25) is 0 Å². The molecule has 3 rings (SSSR count). The van der Waals surface area contributed by atoms with Crippen molar-refractivity contribution in [2.45, 2.75) is 59.7 Å². The van der Waals surface area contributed by atoms with Gasteiger partial charge in [-0.2, -0.15) is 0 Å². The fourth-order valence-electron chi connectivity index (χ4n) is 3.15. The molecular weight excluding hydrogens is 533 g/mol. The first-order chi connectivity index (χ1) is 17.9. The maximum Gasteiger partial charge on any atom is 0.275 e. The second-order valence-corrected chi connectivity index (χ2v) is 9.86. The van der Waals surface area contributed by atoms with Gasteiger partial charge in [0, 0.05) is 43.1 Å². The summed E-state index contributed by atoms with van der Waals surface area (Å²) in [4.78, 5) is 12.4. The smallest absolute Gasteiger partial charge is 0.275 e. The topological polar surface area (TPSA) is 50.8 Å². The molecule has 1 atom stereocenters. The van der Waals surface area contributed by atoms with Crippen LogP contribution >= 0.6 is 23.2 Å². The lowest BCUT2D eigenvalue weighted by molar-refractivity contribution is -0.0681. The maximum atomic E-state index is 14.5. The highest BCUT2D eigenvalue weighted by Crippen LogP contribution is 2.45. The molecule has 1 aliphatic rings. The third kappa shape index (κ3) is 11.0. The molecule has 0 saturated carbocycles. The number of hydrazine groups is 1. The SMILES string of the molecule is C/C=C(/C)CCl.C=C(C)Cl.CCCCCN(C)NC(=O)c1cc2c(cc1F)OC(C)(c1ccc(F)cc1)O2. The molecule has 0 radical (unpaired) electrons. The standard InChI is InChI=1S/C21H24F2N2O3.C5H9Cl.C3H5Cl/c1-4-5-6-11-25(3)24-20(26)16-12-18-19(13-17(16)23)28-21(2,27-18)14-7-9-15(22)10-8-14;1-3-5(2)4-6;1-3(2)4/h7-10,12-13H,4-6,11H2,1-3H3,(H,24,26);3H,4H2,1-2H3;1H2,2H3/b;5-3-;. The van der Waals surface area contributed by atoms with E-state index in [-0.39, 0.29) is 22.9 Å². The lowest BCUT2D eigenvalue weighted by atomic mass is 10.1. The summed E-state index contributed by atoms with van der Waals surface area (Å²) < 4.78 is 39.3. The highest BCUT2D eigenvalue weighted by atomic mass is 35.5. The number of amides is 1. The van der Waals surface area contributed by atoms with Crippen LogP contribution in [0.15, 0.2) is 59.7 Å². The first-order valence-electron chi connectivity index (χ1n) is 12.3. The molecule has 1 heterocycles. The summed E-state index contributed by atoms with van der Waals surface area (Å²) in [6.45, 7) is 13.5. The van der Waals surface area contributed by atoms with Crippen molar-refractivity contribution in [1.82, 2.24) is 10.4 Å². The van der Waals surface area contributed by atoms with E-state index in [1.165, 1.54) is 35.9 Å². The van der Waals surface area contributed by atoms with Gasteiger partial charge in [-0.05, 0) is 57.5 Å². The maximum absolute atomic E-state index is 14.5. The van der Waals surface area contributed by atoms with Crippen LogP contribution in [0, 0.1) is 11.6 Å². The minimum Gasteiger partial charge on any atom is -0.445 e. The van der Waals surface area contributed by atoms with E-state index in [1.54, 1.807) is 25.9 Å². The molecule has 1 N–H and O–H groups in total. The summed E-state index contributed by atoms with van der Waals surface area (Å²) in [6, 6.07) is 8.13. The van der Waals surface area contributed by atoms with Crippen LogP contribution in [0.1, 0.15) is 69.8 Å². The van der Waals surface area contributed by atoms with Gasteiger partial charge in [-0.1, -0.05) is 49.6 Å². The summed E-state index contributed by atoms with van der Waals surface area (Å²) in [7, 11) is 1.74. The molecule has 210 valence electrons. The van der Waals surface area contributed by atoms with Gasteiger partial charge in [-0.15, -0.1) is 11.6 Å². The number of halogens is 4. The van der Waals surface area contributed by atoms with Crippen molar-refractivity contribution in [3.63, 3.8) is 0 Å². The molecule has 0 fully saturated rings. The van der Waals surface area contributed by atoms with Crippen LogP contribution in [0.5, 0.6) is 11.5 Å². The molecule has 0 bridgehead atoms. The predicted molar refractivity (Wildman–Crippen MR) is 152 cm³/mol.